The Morgan fingerprint density at radius 1 is 0.743 bits per heavy atom. The fourth-order valence-electron chi connectivity index (χ4n) is 3.92. The molecule has 3 amide bonds. The lowest BCUT2D eigenvalue weighted by molar-refractivity contribution is -0.133. The molecule has 3 N–H and O–H groups in total. The first-order valence-corrected chi connectivity index (χ1v) is 11.4. The van der Waals surface area contributed by atoms with Gasteiger partial charge in [0.05, 0.1) is 5.52 Å². The van der Waals surface area contributed by atoms with Crippen molar-refractivity contribution in [3.8, 4) is 0 Å². The Hall–Kier alpha value is -4.10. The summed E-state index contributed by atoms with van der Waals surface area (Å²) in [6, 6.07) is 17.9. The molecule has 0 spiro atoms. The van der Waals surface area contributed by atoms with Crippen LogP contribution in [-0.4, -0.2) is 22.4 Å². The zero-order chi connectivity index (χ0) is 25.3. The molecule has 0 aliphatic heterocycles. The number of nitrogens with one attached hydrogen (secondary N) is 3. The Bertz CT molecular complexity index is 1470. The Morgan fingerprint density at radius 2 is 1.46 bits per heavy atom. The van der Waals surface area contributed by atoms with Gasteiger partial charge in [0, 0.05) is 21.8 Å². The van der Waals surface area contributed by atoms with Gasteiger partial charge in [-0.3, -0.25) is 19.8 Å². The summed E-state index contributed by atoms with van der Waals surface area (Å²) < 4.78 is 1.30. The highest BCUT2D eigenvalue weighted by atomic mass is 35.5. The molecule has 0 aliphatic carbocycles. The van der Waals surface area contributed by atoms with Gasteiger partial charge >= 0.3 is 11.8 Å². The Morgan fingerprint density at radius 3 is 2.17 bits per heavy atom. The van der Waals surface area contributed by atoms with Crippen molar-refractivity contribution in [3.63, 3.8) is 0 Å². The number of rotatable bonds is 4. The first kappa shape index (κ1) is 24.0. The van der Waals surface area contributed by atoms with Gasteiger partial charge in [-0.05, 0) is 92.4 Å². The third kappa shape index (κ3) is 5.36. The summed E-state index contributed by atoms with van der Waals surface area (Å²) in [5.41, 5.74) is 8.18. The molecule has 0 unspecified atom stereocenters. The summed E-state index contributed by atoms with van der Waals surface area (Å²) in [5.74, 6) is -2.22. The minimum Gasteiger partial charge on any atom is -0.321 e. The van der Waals surface area contributed by atoms with Crippen molar-refractivity contribution in [1.29, 1.82) is 0 Å². The molecule has 0 atom stereocenters. The third-order valence-electron chi connectivity index (χ3n) is 5.54. The van der Waals surface area contributed by atoms with Crippen molar-refractivity contribution < 1.29 is 14.4 Å². The largest absolute Gasteiger partial charge is 0.328 e. The van der Waals surface area contributed by atoms with Gasteiger partial charge in [0.25, 0.3) is 5.91 Å². The molecule has 3 aromatic carbocycles. The monoisotopic (exact) mass is 488 g/mol. The maximum absolute atomic E-state index is 13.2. The normalized spacial score (nSPS) is 10.8. The van der Waals surface area contributed by atoms with E-state index in [2.05, 4.69) is 16.1 Å². The van der Waals surface area contributed by atoms with E-state index in [9.17, 15) is 14.4 Å². The summed E-state index contributed by atoms with van der Waals surface area (Å²) >= 11 is 6.14. The second kappa shape index (κ2) is 9.64. The lowest BCUT2D eigenvalue weighted by Gasteiger charge is -2.14. The van der Waals surface area contributed by atoms with Crippen molar-refractivity contribution in [2.24, 2.45) is 0 Å². The van der Waals surface area contributed by atoms with E-state index < -0.39 is 17.7 Å². The number of carbonyl (C=O) groups excluding carboxylic acids is 3. The lowest BCUT2D eigenvalue weighted by atomic mass is 10.1. The summed E-state index contributed by atoms with van der Waals surface area (Å²) in [6.07, 6.45) is 0. The van der Waals surface area contributed by atoms with Crippen LogP contribution in [0.4, 0.5) is 11.4 Å². The number of nitrogens with zero attached hydrogens (tertiary/aromatic N) is 1. The molecule has 0 bridgehead atoms. The number of fused-ring (bicyclic) bond motifs is 1. The van der Waals surface area contributed by atoms with Crippen molar-refractivity contribution in [1.82, 2.24) is 4.68 Å². The smallest absolute Gasteiger partial charge is 0.321 e. The van der Waals surface area contributed by atoms with Crippen LogP contribution in [0.25, 0.3) is 10.9 Å². The topological polar surface area (TPSA) is 92.2 Å². The van der Waals surface area contributed by atoms with Crippen LogP contribution in [0, 0.1) is 27.7 Å². The maximum atomic E-state index is 13.2. The number of amides is 3. The Kier molecular flexibility index (Phi) is 6.62. The molecule has 0 aliphatic rings. The number of aryl methyl sites for hydroxylation is 4. The average Bonchev–Trinajstić information content (AvgIpc) is 3.12. The number of hydrogen-bond acceptors (Lipinski definition) is 3. The van der Waals surface area contributed by atoms with Gasteiger partial charge in [0.1, 0.15) is 5.69 Å². The molecule has 0 saturated carbocycles. The van der Waals surface area contributed by atoms with Gasteiger partial charge in [0.2, 0.25) is 0 Å². The first-order chi connectivity index (χ1) is 16.6. The first-order valence-electron chi connectivity index (χ1n) is 11.0. The molecule has 4 rings (SSSR count). The quantitative estimate of drug-likeness (QED) is 0.332. The second-order valence-electron chi connectivity index (χ2n) is 8.61. The highest BCUT2D eigenvalue weighted by molar-refractivity contribution is 6.42. The van der Waals surface area contributed by atoms with E-state index in [1.165, 1.54) is 4.68 Å². The van der Waals surface area contributed by atoms with E-state index in [0.29, 0.717) is 27.3 Å². The molecule has 8 heteroatoms. The van der Waals surface area contributed by atoms with Gasteiger partial charge in [-0.1, -0.05) is 29.8 Å². The van der Waals surface area contributed by atoms with Crippen LogP contribution >= 0.6 is 11.6 Å². The molecule has 7 nitrogen and oxygen atoms in total. The van der Waals surface area contributed by atoms with Crippen molar-refractivity contribution in [2.45, 2.75) is 27.7 Å². The van der Waals surface area contributed by atoms with Crippen LogP contribution in [0.2, 0.25) is 5.02 Å². The fraction of sp³-hybridized carbons (Fsp3) is 0.148. The van der Waals surface area contributed by atoms with Crippen molar-refractivity contribution >= 4 is 51.6 Å². The predicted molar refractivity (Wildman–Crippen MR) is 140 cm³/mol. The molecule has 1 aromatic heterocycles. The molecule has 1 heterocycles. The fourth-order valence-corrected chi connectivity index (χ4v) is 4.10. The summed E-state index contributed by atoms with van der Waals surface area (Å²) in [7, 11) is 0. The molecule has 0 fully saturated rings. The standard InChI is InChI=1S/C27H25ClN4O3/c1-15-5-6-18(4)22(12-15)30-26(34)27(35)31-32-23-8-7-20(28)13-19(23)14-24(32)25(33)29-21-10-16(2)9-17(3)11-21/h5-14H,1-4H3,(H,29,33)(H,30,34)(H,31,35). The number of anilines is 2. The van der Waals surface area contributed by atoms with Crippen molar-refractivity contribution in [2.75, 3.05) is 16.1 Å². The molecule has 0 saturated heterocycles. The Labute approximate surface area is 208 Å². The van der Waals surface area contributed by atoms with E-state index in [0.717, 1.165) is 22.3 Å². The third-order valence-corrected chi connectivity index (χ3v) is 5.77. The highest BCUT2D eigenvalue weighted by Crippen LogP contribution is 2.24. The number of hydrogen-bond donors (Lipinski definition) is 3. The average molecular weight is 489 g/mol. The Balaban J connectivity index is 1.64. The van der Waals surface area contributed by atoms with Crippen LogP contribution in [0.1, 0.15) is 32.7 Å². The second-order valence-corrected chi connectivity index (χ2v) is 9.05. The van der Waals surface area contributed by atoms with E-state index >= 15 is 0 Å². The molecule has 4 aromatic rings. The number of carbonyl (C=O) groups is 3. The SMILES string of the molecule is Cc1cc(C)cc(NC(=O)c2cc3cc(Cl)ccc3n2NC(=O)C(=O)Nc2cc(C)ccc2C)c1. The van der Waals surface area contributed by atoms with E-state index in [1.54, 1.807) is 30.3 Å². The number of halogens is 1. The molecular weight excluding hydrogens is 464 g/mol. The molecular formula is C27H25ClN4O3. The van der Waals surface area contributed by atoms with Crippen molar-refractivity contribution in [3.05, 3.63) is 93.6 Å². The molecule has 35 heavy (non-hydrogen) atoms. The van der Waals surface area contributed by atoms with E-state index in [-0.39, 0.29) is 5.69 Å². The van der Waals surface area contributed by atoms with Gasteiger partial charge in [-0.15, -0.1) is 0 Å². The van der Waals surface area contributed by atoms with Gasteiger partial charge in [-0.25, -0.2) is 4.68 Å². The minimum absolute atomic E-state index is 0.148. The summed E-state index contributed by atoms with van der Waals surface area (Å²) in [4.78, 5) is 38.7. The predicted octanol–water partition coefficient (Wildman–Crippen LogP) is 5.49. The van der Waals surface area contributed by atoms with Crippen LogP contribution < -0.4 is 16.1 Å². The molecule has 0 radical (unpaired) electrons. The number of benzene rings is 3. The maximum Gasteiger partial charge on any atom is 0.328 e. The van der Waals surface area contributed by atoms with Gasteiger partial charge in [-0.2, -0.15) is 0 Å². The number of aromatic nitrogens is 1. The van der Waals surface area contributed by atoms with Crippen LogP contribution in [0.5, 0.6) is 0 Å². The van der Waals surface area contributed by atoms with Gasteiger partial charge < -0.3 is 10.6 Å². The van der Waals surface area contributed by atoms with Gasteiger partial charge in [0.15, 0.2) is 0 Å². The minimum atomic E-state index is -0.918. The summed E-state index contributed by atoms with van der Waals surface area (Å²) in [6.45, 7) is 7.62. The lowest BCUT2D eigenvalue weighted by Crippen LogP contribution is -2.36. The van der Waals surface area contributed by atoms with Crippen LogP contribution in [-0.2, 0) is 9.59 Å². The van der Waals surface area contributed by atoms with Crippen LogP contribution in [0.3, 0.4) is 0 Å². The summed E-state index contributed by atoms with van der Waals surface area (Å²) in [5, 5.41) is 6.62. The van der Waals surface area contributed by atoms with E-state index in [4.69, 9.17) is 11.6 Å². The molecule has 178 valence electrons. The zero-order valence-electron chi connectivity index (χ0n) is 19.8. The highest BCUT2D eigenvalue weighted by Gasteiger charge is 2.22. The van der Waals surface area contributed by atoms with E-state index in [1.807, 2.05) is 58.0 Å². The zero-order valence-corrected chi connectivity index (χ0v) is 20.6. The van der Waals surface area contributed by atoms with Crippen LogP contribution in [0.15, 0.2) is 60.7 Å².